The zero-order valence-corrected chi connectivity index (χ0v) is 21.1. The summed E-state index contributed by atoms with van der Waals surface area (Å²) < 4.78 is 5.66. The molecule has 1 saturated heterocycles. The molecule has 1 fully saturated rings. The molecule has 11 nitrogen and oxygen atoms in total. The van der Waals surface area contributed by atoms with E-state index in [0.29, 0.717) is 22.7 Å². The van der Waals surface area contributed by atoms with Crippen molar-refractivity contribution >= 4 is 47.1 Å². The van der Waals surface area contributed by atoms with Crippen molar-refractivity contribution in [3.05, 3.63) is 27.7 Å². The van der Waals surface area contributed by atoms with E-state index in [0.717, 1.165) is 37.5 Å². The predicted molar refractivity (Wildman–Crippen MR) is 129 cm³/mol. The molecule has 35 heavy (non-hydrogen) atoms. The van der Waals surface area contributed by atoms with Crippen molar-refractivity contribution in [3.8, 4) is 5.75 Å². The molecule has 1 aromatic rings. The van der Waals surface area contributed by atoms with E-state index in [1.807, 2.05) is 19.1 Å². The van der Waals surface area contributed by atoms with Gasteiger partial charge in [0.05, 0.1) is 42.3 Å². The summed E-state index contributed by atoms with van der Waals surface area (Å²) in [5, 5.41) is 36.2. The summed E-state index contributed by atoms with van der Waals surface area (Å²) in [6.45, 7) is 8.74. The summed E-state index contributed by atoms with van der Waals surface area (Å²) in [6.07, 6.45) is -1.19. The van der Waals surface area contributed by atoms with Crippen molar-refractivity contribution in [3.63, 3.8) is 0 Å². The lowest BCUT2D eigenvalue weighted by Gasteiger charge is -2.32. The molecule has 1 aromatic carbocycles. The maximum Gasteiger partial charge on any atom is 0.303 e. The van der Waals surface area contributed by atoms with Crippen molar-refractivity contribution in [1.82, 2.24) is 10.2 Å². The van der Waals surface area contributed by atoms with E-state index in [4.69, 9.17) is 48.4 Å². The van der Waals surface area contributed by atoms with Gasteiger partial charge in [-0.2, -0.15) is 0 Å². The molecule has 0 spiro atoms. The number of carbonyl (C=O) groups is 4. The summed E-state index contributed by atoms with van der Waals surface area (Å²) in [7, 11) is 0. The summed E-state index contributed by atoms with van der Waals surface area (Å²) in [5.41, 5.74) is 1.10. The lowest BCUT2D eigenvalue weighted by atomic mass is 10.1. The van der Waals surface area contributed by atoms with Crippen LogP contribution in [-0.2, 0) is 25.7 Å². The Kier molecular flexibility index (Phi) is 16.5. The van der Waals surface area contributed by atoms with Crippen LogP contribution in [-0.4, -0.2) is 81.5 Å². The molecule has 0 bridgehead atoms. The Hall–Kier alpha value is -2.60. The molecule has 0 aliphatic carbocycles. The molecule has 1 atom stereocenters. The van der Waals surface area contributed by atoms with Gasteiger partial charge < -0.3 is 30.5 Å². The molecule has 1 heterocycles. The molecule has 5 N–H and O–H groups in total. The first-order valence-corrected chi connectivity index (χ1v) is 11.5. The minimum absolute atomic E-state index is 0.296. The molecule has 1 aliphatic rings. The summed E-state index contributed by atoms with van der Waals surface area (Å²) in [5.74, 6) is -3.47. The van der Waals surface area contributed by atoms with Crippen molar-refractivity contribution in [2.75, 3.05) is 26.2 Å². The maximum absolute atomic E-state index is 9.64. The van der Waals surface area contributed by atoms with E-state index in [1.165, 1.54) is 0 Å². The van der Waals surface area contributed by atoms with Crippen LogP contribution in [0.4, 0.5) is 0 Å². The van der Waals surface area contributed by atoms with Crippen LogP contribution in [0.25, 0.3) is 0 Å². The number of nitrogens with zero attached hydrogens (tertiary/aromatic N) is 1. The smallest absolute Gasteiger partial charge is 0.303 e. The van der Waals surface area contributed by atoms with Gasteiger partial charge in [0.25, 0.3) is 0 Å². The molecule has 0 amide bonds. The highest BCUT2D eigenvalue weighted by atomic mass is 35.5. The number of benzene rings is 1. The summed E-state index contributed by atoms with van der Waals surface area (Å²) >= 11 is 12.2. The topological polar surface area (TPSA) is 174 Å². The second kappa shape index (κ2) is 17.8. The number of carboxylic acids is 4. The second-order valence-electron chi connectivity index (χ2n) is 7.47. The van der Waals surface area contributed by atoms with Crippen molar-refractivity contribution in [2.24, 2.45) is 0 Å². The summed E-state index contributed by atoms with van der Waals surface area (Å²) in [4.78, 5) is 41.0. The molecule has 1 aliphatic heterocycles. The quantitative estimate of drug-likeness (QED) is 0.296. The Labute approximate surface area is 213 Å². The zero-order chi connectivity index (χ0) is 27.0. The van der Waals surface area contributed by atoms with Gasteiger partial charge >= 0.3 is 23.9 Å². The first kappa shape index (κ1) is 32.4. The normalized spacial score (nSPS) is 15.0. The number of piperazine rings is 1. The maximum atomic E-state index is 9.64. The Balaban J connectivity index is 0.000000601. The number of aliphatic carboxylic acids is 4. The first-order valence-electron chi connectivity index (χ1n) is 10.8. The van der Waals surface area contributed by atoms with E-state index in [9.17, 15) is 19.2 Å². The van der Waals surface area contributed by atoms with Crippen molar-refractivity contribution < 1.29 is 44.3 Å². The van der Waals surface area contributed by atoms with Gasteiger partial charge in [0.2, 0.25) is 0 Å². The van der Waals surface area contributed by atoms with Crippen molar-refractivity contribution in [2.45, 2.75) is 52.1 Å². The highest BCUT2D eigenvalue weighted by Crippen LogP contribution is 2.31. The Morgan fingerprint density at radius 2 is 1.40 bits per heavy atom. The van der Waals surface area contributed by atoms with E-state index in [-0.39, 0.29) is 25.7 Å². The molecular weight excluding hydrogens is 507 g/mol. The van der Waals surface area contributed by atoms with Crippen LogP contribution < -0.4 is 10.1 Å². The van der Waals surface area contributed by atoms with Crippen LogP contribution in [0.5, 0.6) is 5.75 Å². The molecule has 0 saturated carbocycles. The third-order valence-corrected chi connectivity index (χ3v) is 5.08. The standard InChI is InChI=1S/C14H20Cl2N2O.2C4H6O4/c1-3-19-14-7-13(16)12(15)6-11(14)9-18-5-4-17-10(2)8-18;2*5-3(6)1-2-4(7)8/h6-7,10,17H,3-5,8-9H2,1-2H3;2*1-2H2,(H,5,6)(H,7,8)/t10-;;/m0../s1. The Morgan fingerprint density at radius 3 is 1.80 bits per heavy atom. The zero-order valence-electron chi connectivity index (χ0n) is 19.6. The molecule has 13 heteroatoms. The van der Waals surface area contributed by atoms with Gasteiger partial charge in [-0.1, -0.05) is 23.2 Å². The number of hydrogen-bond acceptors (Lipinski definition) is 7. The van der Waals surface area contributed by atoms with Gasteiger partial charge in [-0.3, -0.25) is 24.1 Å². The monoisotopic (exact) mass is 538 g/mol. The molecule has 0 radical (unpaired) electrons. The van der Waals surface area contributed by atoms with Crippen molar-refractivity contribution in [1.29, 1.82) is 0 Å². The van der Waals surface area contributed by atoms with Crippen LogP contribution in [0.15, 0.2) is 12.1 Å². The SMILES string of the molecule is CCOc1cc(Cl)c(Cl)cc1CN1CCN[C@@H](C)C1.O=C(O)CCC(=O)O.O=C(O)CCC(=O)O. The fraction of sp³-hybridized carbons (Fsp3) is 0.545. The van der Waals surface area contributed by atoms with Crippen LogP contribution in [0.2, 0.25) is 10.0 Å². The van der Waals surface area contributed by atoms with Gasteiger partial charge in [-0.15, -0.1) is 0 Å². The lowest BCUT2D eigenvalue weighted by Crippen LogP contribution is -2.48. The van der Waals surface area contributed by atoms with Gasteiger partial charge in [0, 0.05) is 43.9 Å². The number of nitrogens with one attached hydrogen (secondary N) is 1. The fourth-order valence-electron chi connectivity index (χ4n) is 2.81. The molecule has 2 rings (SSSR count). The average Bonchev–Trinajstić information content (AvgIpc) is 2.75. The van der Waals surface area contributed by atoms with Crippen LogP contribution in [0.1, 0.15) is 45.1 Å². The van der Waals surface area contributed by atoms with E-state index in [2.05, 4.69) is 17.1 Å². The van der Waals surface area contributed by atoms with Gasteiger partial charge in [0.15, 0.2) is 0 Å². The number of halogens is 2. The summed E-state index contributed by atoms with van der Waals surface area (Å²) in [6, 6.07) is 4.25. The lowest BCUT2D eigenvalue weighted by molar-refractivity contribution is -0.143. The van der Waals surface area contributed by atoms with Crippen LogP contribution in [0, 0.1) is 0 Å². The van der Waals surface area contributed by atoms with Gasteiger partial charge in [0.1, 0.15) is 5.75 Å². The highest BCUT2D eigenvalue weighted by Gasteiger charge is 2.18. The van der Waals surface area contributed by atoms with Crippen LogP contribution >= 0.6 is 23.2 Å². The van der Waals surface area contributed by atoms with E-state index in [1.54, 1.807) is 0 Å². The molecule has 198 valence electrons. The number of ether oxygens (including phenoxy) is 1. The second-order valence-corrected chi connectivity index (χ2v) is 8.29. The van der Waals surface area contributed by atoms with Gasteiger partial charge in [-0.05, 0) is 19.9 Å². The first-order chi connectivity index (χ1) is 16.3. The average molecular weight is 539 g/mol. The number of rotatable bonds is 10. The number of hydrogen-bond donors (Lipinski definition) is 5. The molecule has 0 unspecified atom stereocenters. The Morgan fingerprint density at radius 1 is 0.943 bits per heavy atom. The third-order valence-electron chi connectivity index (χ3n) is 4.36. The largest absolute Gasteiger partial charge is 0.493 e. The Bertz CT molecular complexity index is 796. The molecule has 0 aromatic heterocycles. The van der Waals surface area contributed by atoms with E-state index < -0.39 is 23.9 Å². The van der Waals surface area contributed by atoms with E-state index >= 15 is 0 Å². The molecular formula is C22H32Cl2N2O9. The minimum Gasteiger partial charge on any atom is -0.493 e. The highest BCUT2D eigenvalue weighted by molar-refractivity contribution is 6.42. The predicted octanol–water partition coefficient (Wildman–Crippen LogP) is 3.06. The third kappa shape index (κ3) is 16.6. The van der Waals surface area contributed by atoms with Crippen LogP contribution in [0.3, 0.4) is 0 Å². The van der Waals surface area contributed by atoms with Gasteiger partial charge in [-0.25, -0.2) is 0 Å². The minimum atomic E-state index is -1.08. The fourth-order valence-corrected chi connectivity index (χ4v) is 3.15. The number of carboxylic acid groups (broad SMARTS) is 4.